The third-order valence-electron chi connectivity index (χ3n) is 2.21. The summed E-state index contributed by atoms with van der Waals surface area (Å²) in [6.07, 6.45) is 0. The van der Waals surface area contributed by atoms with Gasteiger partial charge in [-0.05, 0) is 25.3 Å². The van der Waals surface area contributed by atoms with E-state index in [1.807, 2.05) is 0 Å². The van der Waals surface area contributed by atoms with E-state index in [0.29, 0.717) is 4.77 Å². The second-order valence-corrected chi connectivity index (χ2v) is 4.51. The third kappa shape index (κ3) is 4.32. The van der Waals surface area contributed by atoms with E-state index in [0.717, 1.165) is 30.5 Å². The molecule has 0 amide bonds. The maximum absolute atomic E-state index is 5.67. The minimum atomic E-state index is 0. The second-order valence-electron chi connectivity index (χ2n) is 3.06. The van der Waals surface area contributed by atoms with Crippen LogP contribution < -0.4 is 5.84 Å². The molecule has 1 aromatic rings. The van der Waals surface area contributed by atoms with Crippen LogP contribution in [0.4, 0.5) is 0 Å². The van der Waals surface area contributed by atoms with Crippen molar-refractivity contribution < 1.29 is 0 Å². The van der Waals surface area contributed by atoms with Crippen LogP contribution in [0.15, 0.2) is 5.16 Å². The molecule has 0 fully saturated rings. The van der Waals surface area contributed by atoms with Gasteiger partial charge in [-0.2, -0.15) is 0 Å². The van der Waals surface area contributed by atoms with Crippen LogP contribution in [0.2, 0.25) is 0 Å². The molecule has 0 bridgehead atoms. The van der Waals surface area contributed by atoms with Crippen LogP contribution in [0.25, 0.3) is 0 Å². The van der Waals surface area contributed by atoms with E-state index < -0.39 is 0 Å². The van der Waals surface area contributed by atoms with Crippen LogP contribution in [-0.4, -0.2) is 45.2 Å². The predicted molar refractivity (Wildman–Crippen MR) is 73.3 cm³/mol. The maximum atomic E-state index is 5.67. The maximum Gasteiger partial charge on any atom is 0.214 e. The molecule has 16 heavy (non-hydrogen) atoms. The van der Waals surface area contributed by atoms with Crippen LogP contribution in [0.1, 0.15) is 13.8 Å². The van der Waals surface area contributed by atoms with E-state index in [1.165, 1.54) is 4.68 Å². The van der Waals surface area contributed by atoms with E-state index in [1.54, 1.807) is 11.8 Å². The van der Waals surface area contributed by atoms with Gasteiger partial charge in [-0.15, -0.1) is 17.5 Å². The summed E-state index contributed by atoms with van der Waals surface area (Å²) in [5.74, 6) is 6.64. The first-order chi connectivity index (χ1) is 7.19. The lowest BCUT2D eigenvalue weighted by Crippen LogP contribution is -2.25. The molecule has 0 spiro atoms. The molecule has 0 unspecified atom stereocenters. The van der Waals surface area contributed by atoms with Gasteiger partial charge < -0.3 is 10.7 Å². The Balaban J connectivity index is 0.00000225. The Bertz CT molecular complexity index is 346. The molecule has 1 heterocycles. The number of thioether (sulfide) groups is 1. The zero-order chi connectivity index (χ0) is 11.3. The minimum absolute atomic E-state index is 0. The number of nitrogens with one attached hydrogen (secondary N) is 1. The highest BCUT2D eigenvalue weighted by atomic mass is 35.5. The van der Waals surface area contributed by atoms with Crippen molar-refractivity contribution in [3.63, 3.8) is 0 Å². The van der Waals surface area contributed by atoms with Crippen LogP contribution in [-0.2, 0) is 0 Å². The molecule has 0 aliphatic rings. The number of hydrogen-bond donors (Lipinski definition) is 2. The topological polar surface area (TPSA) is 62.9 Å². The van der Waals surface area contributed by atoms with Crippen molar-refractivity contribution in [1.29, 1.82) is 0 Å². The molecule has 0 aromatic carbocycles. The number of nitrogens with zero attached hydrogens (tertiary/aromatic N) is 3. The van der Waals surface area contributed by atoms with Gasteiger partial charge in [-0.25, -0.2) is 9.77 Å². The van der Waals surface area contributed by atoms with Crippen molar-refractivity contribution in [1.82, 2.24) is 19.8 Å². The summed E-state index contributed by atoms with van der Waals surface area (Å²) in [5.41, 5.74) is 0. The number of nitrogens with two attached hydrogens (primary N) is 1. The monoisotopic (exact) mass is 283 g/mol. The summed E-state index contributed by atoms with van der Waals surface area (Å²) in [7, 11) is 0. The smallest absolute Gasteiger partial charge is 0.214 e. The number of hydrogen-bond acceptors (Lipinski definition) is 5. The highest BCUT2D eigenvalue weighted by Crippen LogP contribution is 2.12. The summed E-state index contributed by atoms with van der Waals surface area (Å²) < 4.78 is 1.86. The first kappa shape index (κ1) is 15.8. The Morgan fingerprint density at radius 1 is 1.50 bits per heavy atom. The van der Waals surface area contributed by atoms with Gasteiger partial charge in [0, 0.05) is 12.3 Å². The Morgan fingerprint density at radius 2 is 2.12 bits per heavy atom. The number of nitrogen functional groups attached to an aromatic ring is 1. The highest BCUT2D eigenvalue weighted by Gasteiger charge is 2.04. The number of H-pyrrole nitrogens is 1. The summed E-state index contributed by atoms with van der Waals surface area (Å²) in [4.78, 5) is 2.36. The fourth-order valence-electron chi connectivity index (χ4n) is 1.20. The molecule has 0 saturated heterocycles. The van der Waals surface area contributed by atoms with Gasteiger partial charge >= 0.3 is 0 Å². The molecule has 0 aliphatic carbocycles. The summed E-state index contributed by atoms with van der Waals surface area (Å²) in [5, 5.41) is 7.43. The van der Waals surface area contributed by atoms with Gasteiger partial charge in [-0.1, -0.05) is 25.6 Å². The molecule has 3 N–H and O–H groups in total. The van der Waals surface area contributed by atoms with Crippen molar-refractivity contribution in [2.45, 2.75) is 19.0 Å². The fourth-order valence-corrected chi connectivity index (χ4v) is 2.26. The van der Waals surface area contributed by atoms with Crippen LogP contribution in [0, 0.1) is 4.77 Å². The van der Waals surface area contributed by atoms with Gasteiger partial charge in [0.25, 0.3) is 0 Å². The lowest BCUT2D eigenvalue weighted by molar-refractivity contribution is 0.324. The molecule has 5 nitrogen and oxygen atoms in total. The lowest BCUT2D eigenvalue weighted by atomic mass is 10.5. The van der Waals surface area contributed by atoms with Gasteiger partial charge in [-0.3, -0.25) is 0 Å². The quantitative estimate of drug-likeness (QED) is 0.471. The van der Waals surface area contributed by atoms with E-state index >= 15 is 0 Å². The SMILES string of the molecule is CCN(CC)CCSc1n[nH]c(=S)n1N.Cl. The van der Waals surface area contributed by atoms with Crippen molar-refractivity contribution in [2.75, 3.05) is 31.2 Å². The molecule has 94 valence electrons. The Kier molecular flexibility index (Phi) is 7.82. The molecule has 0 atom stereocenters. The van der Waals surface area contributed by atoms with Crippen LogP contribution in [0.3, 0.4) is 0 Å². The molecule has 0 saturated carbocycles. The second kappa shape index (κ2) is 7.94. The molecule has 0 radical (unpaired) electrons. The van der Waals surface area contributed by atoms with E-state index in [2.05, 4.69) is 28.9 Å². The predicted octanol–water partition coefficient (Wildman–Crippen LogP) is 1.51. The number of halogens is 1. The van der Waals surface area contributed by atoms with E-state index in [4.69, 9.17) is 18.1 Å². The zero-order valence-electron chi connectivity index (χ0n) is 9.47. The first-order valence-corrected chi connectivity index (χ1v) is 6.36. The van der Waals surface area contributed by atoms with Crippen LogP contribution in [0.5, 0.6) is 0 Å². The largest absolute Gasteiger partial charge is 0.335 e. The number of aromatic amines is 1. The standard InChI is InChI=1S/C8H17N5S2.ClH/c1-3-12(4-2)5-6-15-8-11-10-7(14)13(8)9;/h3-6,9H2,1-2H3,(H,10,14);1H. The Morgan fingerprint density at radius 3 is 2.56 bits per heavy atom. The molecule has 8 heteroatoms. The van der Waals surface area contributed by atoms with Gasteiger partial charge in [0.2, 0.25) is 9.93 Å². The average molecular weight is 284 g/mol. The van der Waals surface area contributed by atoms with Crippen molar-refractivity contribution in [3.8, 4) is 0 Å². The van der Waals surface area contributed by atoms with E-state index in [9.17, 15) is 0 Å². The molecular formula is C8H18ClN5S2. The average Bonchev–Trinajstić information content (AvgIpc) is 2.56. The molecule has 0 aliphatic heterocycles. The van der Waals surface area contributed by atoms with E-state index in [-0.39, 0.29) is 12.4 Å². The molecular weight excluding hydrogens is 266 g/mol. The molecule has 1 rings (SSSR count). The van der Waals surface area contributed by atoms with Gasteiger partial charge in [0.05, 0.1) is 0 Å². The number of rotatable bonds is 6. The van der Waals surface area contributed by atoms with Gasteiger partial charge in [0.15, 0.2) is 0 Å². The summed E-state index contributed by atoms with van der Waals surface area (Å²) >= 11 is 6.53. The minimum Gasteiger partial charge on any atom is -0.335 e. The summed E-state index contributed by atoms with van der Waals surface area (Å²) in [6.45, 7) is 7.51. The Hall–Kier alpha value is -0.240. The fraction of sp³-hybridized carbons (Fsp3) is 0.750. The first-order valence-electron chi connectivity index (χ1n) is 4.96. The number of aromatic nitrogens is 3. The van der Waals surface area contributed by atoms with Crippen LogP contribution >= 0.6 is 36.4 Å². The lowest BCUT2D eigenvalue weighted by Gasteiger charge is -2.16. The third-order valence-corrected chi connectivity index (χ3v) is 3.43. The zero-order valence-corrected chi connectivity index (χ0v) is 11.9. The normalized spacial score (nSPS) is 10.4. The van der Waals surface area contributed by atoms with Gasteiger partial charge in [0.1, 0.15) is 0 Å². The van der Waals surface area contributed by atoms with Crippen molar-refractivity contribution >= 4 is 36.4 Å². The summed E-state index contributed by atoms with van der Waals surface area (Å²) in [6, 6.07) is 0. The molecule has 1 aromatic heterocycles. The Labute approximate surface area is 111 Å². The highest BCUT2D eigenvalue weighted by molar-refractivity contribution is 7.99. The van der Waals surface area contributed by atoms with Crippen molar-refractivity contribution in [2.24, 2.45) is 0 Å². The van der Waals surface area contributed by atoms with Crippen molar-refractivity contribution in [3.05, 3.63) is 4.77 Å².